The lowest BCUT2D eigenvalue weighted by Crippen LogP contribution is -2.30. The van der Waals surface area contributed by atoms with Crippen LogP contribution in [-0.4, -0.2) is 15.9 Å². The highest BCUT2D eigenvalue weighted by Gasteiger charge is 2.33. The van der Waals surface area contributed by atoms with Gasteiger partial charge in [-0.05, 0) is 24.8 Å². The van der Waals surface area contributed by atoms with Crippen LogP contribution in [0.2, 0.25) is 0 Å². The number of nitrogens with zero attached hydrogens (tertiary/aromatic N) is 1. The van der Waals surface area contributed by atoms with E-state index in [9.17, 15) is 4.79 Å². The van der Waals surface area contributed by atoms with Crippen molar-refractivity contribution in [3.8, 4) is 0 Å². The standard InChI is InChI=1S/C9H15N3OS/c10-6-9(3-1-2-4-9)5-7-11-8(13)14-12-7/h1-6,10H2,(H,11,12,13). The lowest BCUT2D eigenvalue weighted by molar-refractivity contribution is 0.301. The molecular weight excluding hydrogens is 198 g/mol. The quantitative estimate of drug-likeness (QED) is 0.783. The SMILES string of the molecule is NCC1(Cc2nsc(=O)[nH]2)CCCC1. The lowest BCUT2D eigenvalue weighted by Gasteiger charge is -2.25. The predicted molar refractivity (Wildman–Crippen MR) is 56.4 cm³/mol. The summed E-state index contributed by atoms with van der Waals surface area (Å²) in [5, 5.41) is 0. The summed E-state index contributed by atoms with van der Waals surface area (Å²) >= 11 is 0.995. The van der Waals surface area contributed by atoms with Crippen LogP contribution in [0, 0.1) is 5.41 Å². The Kier molecular flexibility index (Phi) is 2.69. The molecule has 1 aliphatic rings. The summed E-state index contributed by atoms with van der Waals surface area (Å²) in [5.74, 6) is 0.812. The second-order valence-electron chi connectivity index (χ2n) is 4.13. The van der Waals surface area contributed by atoms with Gasteiger partial charge >= 0.3 is 4.87 Å². The Morgan fingerprint density at radius 2 is 2.21 bits per heavy atom. The smallest absolute Gasteiger partial charge is 0.323 e. The van der Waals surface area contributed by atoms with Gasteiger partial charge in [0.1, 0.15) is 5.82 Å². The zero-order valence-electron chi connectivity index (χ0n) is 8.08. The largest absolute Gasteiger partial charge is 0.330 e. The van der Waals surface area contributed by atoms with E-state index in [0.29, 0.717) is 6.54 Å². The van der Waals surface area contributed by atoms with Crippen LogP contribution in [0.25, 0.3) is 0 Å². The van der Waals surface area contributed by atoms with E-state index in [0.717, 1.165) is 23.8 Å². The number of hydrogen-bond donors (Lipinski definition) is 2. The Hall–Kier alpha value is -0.680. The number of H-pyrrole nitrogens is 1. The van der Waals surface area contributed by atoms with Crippen LogP contribution < -0.4 is 10.6 Å². The minimum atomic E-state index is -0.0647. The van der Waals surface area contributed by atoms with Crippen molar-refractivity contribution in [3.05, 3.63) is 15.5 Å². The zero-order chi connectivity index (χ0) is 10.0. The van der Waals surface area contributed by atoms with Crippen LogP contribution in [0.1, 0.15) is 31.5 Å². The van der Waals surface area contributed by atoms with Gasteiger partial charge in [-0.3, -0.25) is 9.78 Å². The van der Waals surface area contributed by atoms with Crippen molar-refractivity contribution in [1.29, 1.82) is 0 Å². The molecule has 1 aromatic rings. The molecule has 1 fully saturated rings. The highest BCUT2D eigenvalue weighted by molar-refractivity contribution is 7.02. The van der Waals surface area contributed by atoms with Crippen molar-refractivity contribution in [2.45, 2.75) is 32.1 Å². The van der Waals surface area contributed by atoms with E-state index in [1.54, 1.807) is 0 Å². The van der Waals surface area contributed by atoms with E-state index < -0.39 is 0 Å². The van der Waals surface area contributed by atoms with Crippen LogP contribution in [0.5, 0.6) is 0 Å². The highest BCUT2D eigenvalue weighted by atomic mass is 32.1. The predicted octanol–water partition coefficient (Wildman–Crippen LogP) is 0.893. The molecule has 14 heavy (non-hydrogen) atoms. The third-order valence-corrected chi connectivity index (χ3v) is 3.70. The van der Waals surface area contributed by atoms with Crippen LogP contribution in [0.15, 0.2) is 4.79 Å². The topological polar surface area (TPSA) is 71.8 Å². The first-order valence-corrected chi connectivity index (χ1v) is 5.76. The van der Waals surface area contributed by atoms with Crippen molar-refractivity contribution in [3.63, 3.8) is 0 Å². The van der Waals surface area contributed by atoms with E-state index in [2.05, 4.69) is 9.36 Å². The van der Waals surface area contributed by atoms with Crippen LogP contribution >= 0.6 is 11.5 Å². The van der Waals surface area contributed by atoms with Crippen molar-refractivity contribution < 1.29 is 0 Å². The summed E-state index contributed by atoms with van der Waals surface area (Å²) in [6.45, 7) is 0.701. The molecule has 3 N–H and O–H groups in total. The zero-order valence-corrected chi connectivity index (χ0v) is 8.90. The molecule has 0 spiro atoms. The summed E-state index contributed by atoms with van der Waals surface area (Å²) < 4.78 is 4.09. The van der Waals surface area contributed by atoms with Gasteiger partial charge in [0.25, 0.3) is 0 Å². The number of hydrogen-bond acceptors (Lipinski definition) is 4. The van der Waals surface area contributed by atoms with E-state index in [1.165, 1.54) is 25.7 Å². The molecule has 1 saturated carbocycles. The molecule has 0 saturated heterocycles. The molecule has 1 aliphatic carbocycles. The maximum Gasteiger partial charge on any atom is 0.323 e. The van der Waals surface area contributed by atoms with Gasteiger partial charge in [-0.1, -0.05) is 12.8 Å². The summed E-state index contributed by atoms with van der Waals surface area (Å²) in [7, 11) is 0. The molecule has 4 nitrogen and oxygen atoms in total. The third kappa shape index (κ3) is 1.88. The number of nitrogens with two attached hydrogens (primary N) is 1. The number of aromatic amines is 1. The lowest BCUT2D eigenvalue weighted by atomic mass is 9.82. The molecule has 1 aromatic heterocycles. The fourth-order valence-electron chi connectivity index (χ4n) is 2.27. The van der Waals surface area contributed by atoms with E-state index in [-0.39, 0.29) is 10.3 Å². The maximum absolute atomic E-state index is 10.9. The van der Waals surface area contributed by atoms with Gasteiger partial charge in [0, 0.05) is 18.0 Å². The Balaban J connectivity index is 2.11. The third-order valence-electron chi connectivity index (χ3n) is 3.12. The Labute approximate surface area is 86.7 Å². The second kappa shape index (κ2) is 3.82. The van der Waals surface area contributed by atoms with Gasteiger partial charge in [-0.2, -0.15) is 4.37 Å². The summed E-state index contributed by atoms with van der Waals surface area (Å²) in [4.78, 5) is 13.6. The molecule has 0 aliphatic heterocycles. The van der Waals surface area contributed by atoms with Crippen molar-refractivity contribution >= 4 is 11.5 Å². The van der Waals surface area contributed by atoms with Gasteiger partial charge < -0.3 is 5.73 Å². The first-order chi connectivity index (χ1) is 6.74. The van der Waals surface area contributed by atoms with Gasteiger partial charge in [-0.25, -0.2) is 0 Å². The molecular formula is C9H15N3OS. The number of rotatable bonds is 3. The molecule has 0 bridgehead atoms. The minimum absolute atomic E-state index is 0.0647. The summed E-state index contributed by atoms with van der Waals surface area (Å²) in [6.07, 6.45) is 5.69. The first kappa shape index (κ1) is 9.86. The molecule has 2 rings (SSSR count). The molecule has 0 unspecified atom stereocenters. The average Bonchev–Trinajstić information content (AvgIpc) is 2.77. The fraction of sp³-hybridized carbons (Fsp3) is 0.778. The Bertz CT molecular complexity index is 351. The highest BCUT2D eigenvalue weighted by Crippen LogP contribution is 2.39. The Morgan fingerprint density at radius 1 is 1.50 bits per heavy atom. The van der Waals surface area contributed by atoms with Gasteiger partial charge in [-0.15, -0.1) is 0 Å². The van der Waals surface area contributed by atoms with Crippen molar-refractivity contribution in [2.24, 2.45) is 11.1 Å². The summed E-state index contributed by atoms with van der Waals surface area (Å²) in [6, 6.07) is 0. The van der Waals surface area contributed by atoms with Gasteiger partial charge in [0.15, 0.2) is 0 Å². The monoisotopic (exact) mass is 213 g/mol. The molecule has 0 amide bonds. The van der Waals surface area contributed by atoms with Gasteiger partial charge in [0.05, 0.1) is 0 Å². The van der Waals surface area contributed by atoms with Crippen molar-refractivity contribution in [1.82, 2.24) is 9.36 Å². The maximum atomic E-state index is 10.9. The molecule has 78 valence electrons. The van der Waals surface area contributed by atoms with Crippen LogP contribution in [0.4, 0.5) is 0 Å². The number of aromatic nitrogens is 2. The van der Waals surface area contributed by atoms with Gasteiger partial charge in [0.2, 0.25) is 0 Å². The molecule has 0 atom stereocenters. The average molecular weight is 213 g/mol. The van der Waals surface area contributed by atoms with Crippen molar-refractivity contribution in [2.75, 3.05) is 6.54 Å². The normalized spacial score (nSPS) is 20.1. The molecule has 5 heteroatoms. The van der Waals surface area contributed by atoms with E-state index >= 15 is 0 Å². The number of nitrogens with one attached hydrogen (secondary N) is 1. The van der Waals surface area contributed by atoms with E-state index in [4.69, 9.17) is 5.73 Å². The second-order valence-corrected chi connectivity index (χ2v) is 4.87. The van der Waals surface area contributed by atoms with Crippen LogP contribution in [0.3, 0.4) is 0 Å². The molecule has 1 heterocycles. The first-order valence-electron chi connectivity index (χ1n) is 4.99. The Morgan fingerprint density at radius 3 is 2.71 bits per heavy atom. The van der Waals surface area contributed by atoms with E-state index in [1.807, 2.05) is 0 Å². The minimum Gasteiger partial charge on any atom is -0.330 e. The van der Waals surface area contributed by atoms with Crippen LogP contribution in [-0.2, 0) is 6.42 Å². The molecule has 0 aromatic carbocycles. The molecule has 0 radical (unpaired) electrons. The summed E-state index contributed by atoms with van der Waals surface area (Å²) in [5.41, 5.74) is 6.01. The fourth-order valence-corrected chi connectivity index (χ4v) is 2.74.